The molecule has 1 saturated carbocycles. The molecule has 3 rings (SSSR count). The summed E-state index contributed by atoms with van der Waals surface area (Å²) < 4.78 is 5.29. The van der Waals surface area contributed by atoms with Crippen LogP contribution in [0.15, 0.2) is 0 Å². The van der Waals surface area contributed by atoms with E-state index in [1.165, 1.54) is 0 Å². The summed E-state index contributed by atoms with van der Waals surface area (Å²) in [5.41, 5.74) is -0.453. The molecule has 4 heteroatoms. The number of rotatable bonds is 0. The van der Waals surface area contributed by atoms with E-state index in [0.29, 0.717) is 12.8 Å². The first-order valence-electron chi connectivity index (χ1n) is 5.40. The summed E-state index contributed by atoms with van der Waals surface area (Å²) in [6, 6.07) is 0.206. The van der Waals surface area contributed by atoms with Crippen LogP contribution in [0.1, 0.15) is 40.0 Å². The summed E-state index contributed by atoms with van der Waals surface area (Å²) >= 11 is 0. The Balaban J connectivity index is 1.96. The molecule has 2 saturated heterocycles. The summed E-state index contributed by atoms with van der Waals surface area (Å²) in [5, 5.41) is 0. The molecular weight excluding hydrogens is 194 g/mol. The third-order valence-corrected chi connectivity index (χ3v) is 2.86. The van der Waals surface area contributed by atoms with E-state index in [1.807, 2.05) is 20.8 Å². The first-order valence-corrected chi connectivity index (χ1v) is 5.40. The van der Waals surface area contributed by atoms with Crippen LogP contribution in [0.3, 0.4) is 0 Å². The van der Waals surface area contributed by atoms with Gasteiger partial charge in [0.2, 0.25) is 0 Å². The molecule has 3 fully saturated rings. The zero-order valence-electron chi connectivity index (χ0n) is 9.45. The third-order valence-electron chi connectivity index (χ3n) is 2.86. The van der Waals surface area contributed by atoms with E-state index in [1.54, 1.807) is 4.90 Å². The van der Waals surface area contributed by atoms with Gasteiger partial charge in [-0.2, -0.15) is 0 Å². The van der Waals surface area contributed by atoms with E-state index < -0.39 is 5.60 Å². The average Bonchev–Trinajstić information content (AvgIpc) is 1.98. The maximum Gasteiger partial charge on any atom is 0.410 e. The highest BCUT2D eigenvalue weighted by atomic mass is 16.6. The Bertz CT molecular complexity index is 291. The van der Waals surface area contributed by atoms with Crippen molar-refractivity contribution in [2.45, 2.75) is 57.7 Å². The molecule has 3 aliphatic rings. The van der Waals surface area contributed by atoms with Crippen molar-refractivity contribution in [1.82, 2.24) is 4.90 Å². The second kappa shape index (κ2) is 3.22. The minimum absolute atomic E-state index is 0.103. The Morgan fingerprint density at radius 1 is 1.33 bits per heavy atom. The number of carbonyl (C=O) groups excluding carboxylic acids is 2. The Kier molecular flexibility index (Phi) is 2.24. The minimum Gasteiger partial charge on any atom is -0.444 e. The van der Waals surface area contributed by atoms with Crippen molar-refractivity contribution in [2.24, 2.45) is 0 Å². The van der Waals surface area contributed by atoms with Crippen LogP contribution in [0.5, 0.6) is 0 Å². The lowest BCUT2D eigenvalue weighted by atomic mass is 9.79. The number of Topliss-reactive ketones (excluding diaryl/α,β-unsaturated/α-hetero) is 1. The number of fused-ring (bicyclic) bond motifs is 2. The highest BCUT2D eigenvalue weighted by molar-refractivity contribution is 5.84. The standard InChI is InChI=1S/C11H17NO3/c1-11(2,3)15-10(14)12-7-4-8(12)6-9(13)5-7/h7-8H,4-6H2,1-3H3. The molecule has 2 aliphatic heterocycles. The van der Waals surface area contributed by atoms with Crippen LogP contribution >= 0.6 is 0 Å². The van der Waals surface area contributed by atoms with Gasteiger partial charge in [0.1, 0.15) is 11.4 Å². The van der Waals surface area contributed by atoms with Gasteiger partial charge in [-0.1, -0.05) is 0 Å². The van der Waals surface area contributed by atoms with Crippen LogP contribution in [0, 0.1) is 0 Å². The SMILES string of the molecule is CC(C)(C)OC(=O)N1C2CC(=O)CC1C2. The van der Waals surface area contributed by atoms with Gasteiger partial charge in [0, 0.05) is 24.9 Å². The van der Waals surface area contributed by atoms with Crippen molar-refractivity contribution < 1.29 is 14.3 Å². The van der Waals surface area contributed by atoms with Gasteiger partial charge in [-0.3, -0.25) is 4.79 Å². The van der Waals surface area contributed by atoms with E-state index in [2.05, 4.69) is 0 Å². The first-order chi connectivity index (χ1) is 6.87. The van der Waals surface area contributed by atoms with Gasteiger partial charge in [-0.15, -0.1) is 0 Å². The number of piperidine rings is 1. The van der Waals surface area contributed by atoms with Crippen molar-refractivity contribution in [1.29, 1.82) is 0 Å². The molecule has 15 heavy (non-hydrogen) atoms. The second-order valence-electron chi connectivity index (χ2n) is 5.38. The highest BCUT2D eigenvalue weighted by Crippen LogP contribution is 2.37. The predicted octanol–water partition coefficient (Wildman–Crippen LogP) is 1.73. The normalized spacial score (nSPS) is 29.8. The average molecular weight is 211 g/mol. The molecule has 0 aromatic heterocycles. The molecule has 0 aromatic rings. The van der Waals surface area contributed by atoms with Crippen LogP contribution in [0.25, 0.3) is 0 Å². The maximum atomic E-state index is 11.8. The van der Waals surface area contributed by atoms with E-state index in [4.69, 9.17) is 4.74 Å². The number of amides is 1. The maximum absolute atomic E-state index is 11.8. The third kappa shape index (κ3) is 1.98. The van der Waals surface area contributed by atoms with E-state index in [0.717, 1.165) is 6.42 Å². The molecule has 1 aliphatic carbocycles. The summed E-state index contributed by atoms with van der Waals surface area (Å²) in [6.45, 7) is 5.56. The quantitative estimate of drug-likeness (QED) is 0.613. The molecule has 0 N–H and O–H groups in total. The van der Waals surface area contributed by atoms with Gasteiger partial charge < -0.3 is 9.64 Å². The molecule has 0 aromatic carbocycles. The van der Waals surface area contributed by atoms with Crippen molar-refractivity contribution in [2.75, 3.05) is 0 Å². The summed E-state index contributed by atoms with van der Waals surface area (Å²) in [4.78, 5) is 24.7. The van der Waals surface area contributed by atoms with Crippen molar-refractivity contribution in [3.8, 4) is 0 Å². The van der Waals surface area contributed by atoms with Gasteiger partial charge in [0.05, 0.1) is 0 Å². The number of nitrogens with zero attached hydrogens (tertiary/aromatic N) is 1. The van der Waals surface area contributed by atoms with Gasteiger partial charge >= 0.3 is 6.09 Å². The fourth-order valence-corrected chi connectivity index (χ4v) is 2.29. The van der Waals surface area contributed by atoms with E-state index in [-0.39, 0.29) is 24.0 Å². The molecule has 4 nitrogen and oxygen atoms in total. The lowest BCUT2D eigenvalue weighted by Crippen LogP contribution is -2.63. The largest absolute Gasteiger partial charge is 0.444 e. The van der Waals surface area contributed by atoms with Gasteiger partial charge in [0.15, 0.2) is 0 Å². The molecule has 0 radical (unpaired) electrons. The molecule has 2 heterocycles. The fourth-order valence-electron chi connectivity index (χ4n) is 2.29. The summed E-state index contributed by atoms with van der Waals surface area (Å²) in [7, 11) is 0. The lowest BCUT2D eigenvalue weighted by molar-refractivity contribution is -0.132. The molecule has 2 unspecified atom stereocenters. The fraction of sp³-hybridized carbons (Fsp3) is 0.818. The number of ketones is 1. The van der Waals surface area contributed by atoms with Gasteiger partial charge in [0.25, 0.3) is 0 Å². The molecule has 2 atom stereocenters. The molecule has 0 spiro atoms. The Morgan fingerprint density at radius 3 is 2.33 bits per heavy atom. The zero-order valence-corrected chi connectivity index (χ0v) is 9.45. The number of ether oxygens (including phenoxy) is 1. The van der Waals surface area contributed by atoms with E-state index >= 15 is 0 Å². The Labute approximate surface area is 89.6 Å². The second-order valence-corrected chi connectivity index (χ2v) is 5.38. The Morgan fingerprint density at radius 2 is 1.87 bits per heavy atom. The van der Waals surface area contributed by atoms with Crippen LogP contribution in [0.2, 0.25) is 0 Å². The van der Waals surface area contributed by atoms with E-state index in [9.17, 15) is 9.59 Å². The number of hydrogen-bond donors (Lipinski definition) is 0. The summed E-state index contributed by atoms with van der Waals surface area (Å²) in [6.07, 6.45) is 1.72. The lowest BCUT2D eigenvalue weighted by Gasteiger charge is -2.51. The topological polar surface area (TPSA) is 46.6 Å². The van der Waals surface area contributed by atoms with Crippen LogP contribution in [0.4, 0.5) is 4.79 Å². The van der Waals surface area contributed by atoms with Crippen molar-refractivity contribution >= 4 is 11.9 Å². The predicted molar refractivity (Wildman–Crippen MR) is 54.5 cm³/mol. The molecule has 84 valence electrons. The minimum atomic E-state index is -0.453. The molecule has 2 bridgehead atoms. The smallest absolute Gasteiger partial charge is 0.410 e. The van der Waals surface area contributed by atoms with Crippen molar-refractivity contribution in [3.63, 3.8) is 0 Å². The van der Waals surface area contributed by atoms with Crippen LogP contribution < -0.4 is 0 Å². The molecular formula is C11H17NO3. The van der Waals surface area contributed by atoms with Gasteiger partial charge in [-0.05, 0) is 27.2 Å². The van der Waals surface area contributed by atoms with Crippen LogP contribution in [-0.4, -0.2) is 34.5 Å². The Hall–Kier alpha value is -1.06. The number of hydrogen-bond acceptors (Lipinski definition) is 3. The van der Waals surface area contributed by atoms with Crippen molar-refractivity contribution in [3.05, 3.63) is 0 Å². The number of carbonyl (C=O) groups is 2. The summed E-state index contributed by atoms with van der Waals surface area (Å²) in [5.74, 6) is 0.274. The highest BCUT2D eigenvalue weighted by Gasteiger charge is 2.48. The first kappa shape index (κ1) is 10.5. The van der Waals surface area contributed by atoms with Gasteiger partial charge in [-0.25, -0.2) is 4.79 Å². The van der Waals surface area contributed by atoms with Crippen LogP contribution in [-0.2, 0) is 9.53 Å². The zero-order chi connectivity index (χ0) is 11.2. The molecule has 1 amide bonds. The monoisotopic (exact) mass is 211 g/mol.